The smallest absolute Gasteiger partial charge is 0.136 e. The van der Waals surface area contributed by atoms with Crippen molar-refractivity contribution in [2.75, 3.05) is 6.54 Å². The van der Waals surface area contributed by atoms with Gasteiger partial charge in [-0.2, -0.15) is 0 Å². The molecule has 0 aromatic carbocycles. The lowest BCUT2D eigenvalue weighted by atomic mass is 10.3. The van der Waals surface area contributed by atoms with Crippen molar-refractivity contribution in [3.05, 3.63) is 28.5 Å². The lowest BCUT2D eigenvalue weighted by Crippen LogP contribution is -2.40. The zero-order valence-corrected chi connectivity index (χ0v) is 12.2. The van der Waals surface area contributed by atoms with Gasteiger partial charge in [0.15, 0.2) is 0 Å². The Morgan fingerprint density at radius 1 is 1.44 bits per heavy atom. The molecule has 0 saturated heterocycles. The summed E-state index contributed by atoms with van der Waals surface area (Å²) < 4.78 is 15.3. The number of hydrogen-bond acceptors (Lipinski definition) is 3. The first kappa shape index (κ1) is 14.0. The minimum atomic E-state index is -1.01. The summed E-state index contributed by atoms with van der Waals surface area (Å²) in [6.07, 6.45) is 0.779. The summed E-state index contributed by atoms with van der Waals surface area (Å²) in [5, 5.41) is 0. The van der Waals surface area contributed by atoms with Gasteiger partial charge in [-0.3, -0.25) is 0 Å². The second-order valence-corrected chi connectivity index (χ2v) is 7.34. The van der Waals surface area contributed by atoms with E-state index in [1.54, 1.807) is 0 Å². The van der Waals surface area contributed by atoms with Crippen LogP contribution in [0.2, 0.25) is 0 Å². The molecule has 0 saturated carbocycles. The van der Waals surface area contributed by atoms with Gasteiger partial charge in [0.05, 0.1) is 0 Å². The maximum Gasteiger partial charge on any atom is 0.136 e. The van der Waals surface area contributed by atoms with Crippen LogP contribution in [0, 0.1) is 0 Å². The molecule has 0 spiro atoms. The van der Waals surface area contributed by atoms with Crippen LogP contribution in [0.15, 0.2) is 22.8 Å². The molecule has 16 heavy (non-hydrogen) atoms. The number of nitrogens with one attached hydrogen (secondary N) is 1. The first-order valence-electron chi connectivity index (χ1n) is 5.16. The largest absolute Gasteiger partial charge is 0.598 e. The second-order valence-electron chi connectivity index (χ2n) is 4.48. The van der Waals surface area contributed by atoms with E-state index in [2.05, 4.69) is 25.6 Å². The first-order valence-corrected chi connectivity index (χ1v) is 7.11. The molecule has 1 aromatic heterocycles. The molecule has 0 aliphatic rings. The molecule has 1 heterocycles. The topological polar surface area (TPSA) is 48.0 Å². The van der Waals surface area contributed by atoms with E-state index in [0.717, 1.165) is 16.7 Å². The van der Waals surface area contributed by atoms with Gasteiger partial charge in [-0.25, -0.2) is 4.98 Å². The maximum atomic E-state index is 11.7. The van der Waals surface area contributed by atoms with Crippen molar-refractivity contribution in [2.45, 2.75) is 31.9 Å². The Hall–Kier alpha value is -0.100. The van der Waals surface area contributed by atoms with Gasteiger partial charge in [-0.15, -0.1) is 4.72 Å². The molecular formula is C11H17BrN2OS. The van der Waals surface area contributed by atoms with Crippen molar-refractivity contribution in [2.24, 2.45) is 0 Å². The lowest BCUT2D eigenvalue weighted by Gasteiger charge is -2.23. The summed E-state index contributed by atoms with van der Waals surface area (Å²) >= 11 is 2.32. The molecule has 1 aromatic rings. The third kappa shape index (κ3) is 4.82. The van der Waals surface area contributed by atoms with Gasteiger partial charge in [0.2, 0.25) is 0 Å². The highest BCUT2D eigenvalue weighted by molar-refractivity contribution is 9.10. The van der Waals surface area contributed by atoms with E-state index < -0.39 is 11.4 Å². The quantitative estimate of drug-likeness (QED) is 0.686. The Balaban J connectivity index is 2.36. The van der Waals surface area contributed by atoms with E-state index in [4.69, 9.17) is 0 Å². The standard InChI is InChI=1S/C11H17BrN2OS/c1-11(2,3)16(15)13-8-7-9-5-4-6-10(12)14-9/h4-6,13H,7-8H2,1-3H3/t16-/m0/s1. The molecule has 0 amide bonds. The number of rotatable bonds is 4. The van der Waals surface area contributed by atoms with Crippen molar-refractivity contribution < 1.29 is 4.55 Å². The third-order valence-electron chi connectivity index (χ3n) is 1.94. The molecule has 90 valence electrons. The molecule has 0 bridgehead atoms. The van der Waals surface area contributed by atoms with Crippen LogP contribution in [0.4, 0.5) is 0 Å². The molecule has 1 atom stereocenters. The van der Waals surface area contributed by atoms with Crippen LogP contribution >= 0.6 is 15.9 Å². The SMILES string of the molecule is CC(C)(C)[S@+]([O-])NCCc1cccc(Br)n1. The lowest BCUT2D eigenvalue weighted by molar-refractivity contribution is 0.544. The average molecular weight is 305 g/mol. The van der Waals surface area contributed by atoms with Crippen molar-refractivity contribution >= 4 is 27.3 Å². The minimum absolute atomic E-state index is 0.218. The van der Waals surface area contributed by atoms with Gasteiger partial charge in [-0.1, -0.05) is 6.07 Å². The Kier molecular flexibility index (Phi) is 5.24. The molecule has 5 heteroatoms. The van der Waals surface area contributed by atoms with Crippen LogP contribution in [-0.4, -0.2) is 20.8 Å². The van der Waals surface area contributed by atoms with E-state index in [9.17, 15) is 4.55 Å². The van der Waals surface area contributed by atoms with Gasteiger partial charge < -0.3 is 4.55 Å². The predicted octanol–water partition coefficient (Wildman–Crippen LogP) is 2.44. The fraction of sp³-hybridized carbons (Fsp3) is 0.545. The molecule has 0 unspecified atom stereocenters. The van der Waals surface area contributed by atoms with Gasteiger partial charge in [-0.05, 0) is 48.8 Å². The molecule has 3 nitrogen and oxygen atoms in total. The first-order chi connectivity index (χ1) is 7.39. The number of aromatic nitrogens is 1. The van der Waals surface area contributed by atoms with Gasteiger partial charge in [0.25, 0.3) is 0 Å². The highest BCUT2D eigenvalue weighted by Gasteiger charge is 2.25. The fourth-order valence-electron chi connectivity index (χ4n) is 1.08. The molecule has 1 rings (SSSR count). The predicted molar refractivity (Wildman–Crippen MR) is 71.5 cm³/mol. The zero-order chi connectivity index (χ0) is 12.2. The van der Waals surface area contributed by atoms with Crippen molar-refractivity contribution in [3.63, 3.8) is 0 Å². The summed E-state index contributed by atoms with van der Waals surface area (Å²) in [6.45, 7) is 6.53. The van der Waals surface area contributed by atoms with Crippen LogP contribution in [0.5, 0.6) is 0 Å². The van der Waals surface area contributed by atoms with Crippen LogP contribution < -0.4 is 4.72 Å². The van der Waals surface area contributed by atoms with Crippen molar-refractivity contribution in [3.8, 4) is 0 Å². The Morgan fingerprint density at radius 3 is 2.69 bits per heavy atom. The number of halogens is 1. The summed E-state index contributed by atoms with van der Waals surface area (Å²) in [4.78, 5) is 4.31. The zero-order valence-electron chi connectivity index (χ0n) is 9.79. The van der Waals surface area contributed by atoms with Crippen molar-refractivity contribution in [1.82, 2.24) is 9.71 Å². The number of pyridine rings is 1. The Morgan fingerprint density at radius 2 is 2.12 bits per heavy atom. The third-order valence-corrected chi connectivity index (χ3v) is 3.96. The van der Waals surface area contributed by atoms with Gasteiger partial charge in [0, 0.05) is 30.0 Å². The molecule has 0 aliphatic heterocycles. The van der Waals surface area contributed by atoms with E-state index in [1.165, 1.54) is 0 Å². The number of nitrogens with zero attached hydrogens (tertiary/aromatic N) is 1. The molecular weight excluding hydrogens is 288 g/mol. The summed E-state index contributed by atoms with van der Waals surface area (Å²) in [5.41, 5.74) is 0.993. The van der Waals surface area contributed by atoms with Crippen LogP contribution in [0.1, 0.15) is 26.5 Å². The summed E-state index contributed by atoms with van der Waals surface area (Å²) in [6, 6.07) is 5.81. The van der Waals surface area contributed by atoms with Crippen molar-refractivity contribution in [1.29, 1.82) is 0 Å². The van der Waals surface area contributed by atoms with E-state index in [1.807, 2.05) is 39.0 Å². The maximum absolute atomic E-state index is 11.7. The monoisotopic (exact) mass is 304 g/mol. The summed E-state index contributed by atoms with van der Waals surface area (Å²) in [7, 11) is 0. The fourth-order valence-corrected chi connectivity index (χ4v) is 2.18. The molecule has 0 fully saturated rings. The Labute approximate surface area is 108 Å². The van der Waals surface area contributed by atoms with E-state index >= 15 is 0 Å². The second kappa shape index (κ2) is 6.00. The van der Waals surface area contributed by atoms with Crippen LogP contribution in [0.25, 0.3) is 0 Å². The molecule has 1 N–H and O–H groups in total. The van der Waals surface area contributed by atoms with Gasteiger partial charge >= 0.3 is 0 Å². The highest BCUT2D eigenvalue weighted by Crippen LogP contribution is 2.13. The normalized spacial score (nSPS) is 13.8. The summed E-state index contributed by atoms with van der Waals surface area (Å²) in [5.74, 6) is 0. The highest BCUT2D eigenvalue weighted by atomic mass is 79.9. The number of hydrogen-bond donors (Lipinski definition) is 1. The van der Waals surface area contributed by atoms with Crippen LogP contribution in [0.3, 0.4) is 0 Å². The Bertz CT molecular complexity index is 341. The average Bonchev–Trinajstić information content (AvgIpc) is 2.16. The van der Waals surface area contributed by atoms with Crippen LogP contribution in [-0.2, 0) is 17.8 Å². The van der Waals surface area contributed by atoms with E-state index in [-0.39, 0.29) is 4.75 Å². The van der Waals surface area contributed by atoms with E-state index in [0.29, 0.717) is 6.54 Å². The molecule has 0 radical (unpaired) electrons. The van der Waals surface area contributed by atoms with Gasteiger partial charge in [0.1, 0.15) is 9.35 Å². The minimum Gasteiger partial charge on any atom is -0.598 e. The molecule has 0 aliphatic carbocycles.